The van der Waals surface area contributed by atoms with Crippen LogP contribution in [-0.4, -0.2) is 29.8 Å². The molecule has 0 spiro atoms. The first-order chi connectivity index (χ1) is 14.1. The highest BCUT2D eigenvalue weighted by Crippen LogP contribution is 2.26. The van der Waals surface area contributed by atoms with Crippen molar-refractivity contribution in [3.8, 4) is 5.69 Å². The molecule has 0 aliphatic carbocycles. The molecule has 3 aromatic rings. The SMILES string of the molecule is Cc1cc(N2CCCC2)c(F)cc1/C=N/NC(=O)c1cccc(-n2cccc2)c1. The van der Waals surface area contributed by atoms with E-state index in [0.29, 0.717) is 16.8 Å². The van der Waals surface area contributed by atoms with Crippen LogP contribution in [0.2, 0.25) is 0 Å². The summed E-state index contributed by atoms with van der Waals surface area (Å²) in [5, 5.41) is 4.03. The fourth-order valence-electron chi connectivity index (χ4n) is 3.56. The van der Waals surface area contributed by atoms with Crippen LogP contribution >= 0.6 is 0 Å². The zero-order chi connectivity index (χ0) is 20.2. The highest BCUT2D eigenvalue weighted by Gasteiger charge is 2.17. The van der Waals surface area contributed by atoms with Crippen LogP contribution in [0.3, 0.4) is 0 Å². The van der Waals surface area contributed by atoms with E-state index in [1.807, 2.05) is 54.2 Å². The summed E-state index contributed by atoms with van der Waals surface area (Å²) in [7, 11) is 0. The summed E-state index contributed by atoms with van der Waals surface area (Å²) >= 11 is 0. The van der Waals surface area contributed by atoms with Crippen LogP contribution in [0.15, 0.2) is 66.0 Å². The van der Waals surface area contributed by atoms with Gasteiger partial charge in [-0.1, -0.05) is 6.07 Å². The fourth-order valence-corrected chi connectivity index (χ4v) is 3.56. The number of amides is 1. The monoisotopic (exact) mass is 390 g/mol. The van der Waals surface area contributed by atoms with Crippen LogP contribution in [0.5, 0.6) is 0 Å². The first-order valence-corrected chi connectivity index (χ1v) is 9.74. The molecule has 0 bridgehead atoms. The van der Waals surface area contributed by atoms with E-state index in [0.717, 1.165) is 37.2 Å². The van der Waals surface area contributed by atoms with Crippen molar-refractivity contribution < 1.29 is 9.18 Å². The Kier molecular flexibility index (Phi) is 5.42. The van der Waals surface area contributed by atoms with Gasteiger partial charge in [-0.05, 0) is 67.8 Å². The number of benzene rings is 2. The first kappa shape index (κ1) is 18.9. The van der Waals surface area contributed by atoms with Crippen molar-refractivity contribution in [2.75, 3.05) is 18.0 Å². The third-order valence-corrected chi connectivity index (χ3v) is 5.16. The lowest BCUT2D eigenvalue weighted by Gasteiger charge is -2.19. The number of hydrazone groups is 1. The number of nitrogens with zero attached hydrogens (tertiary/aromatic N) is 3. The van der Waals surface area contributed by atoms with Crippen LogP contribution in [0.25, 0.3) is 5.69 Å². The van der Waals surface area contributed by atoms with Crippen molar-refractivity contribution in [1.29, 1.82) is 0 Å². The molecule has 29 heavy (non-hydrogen) atoms. The number of aromatic nitrogens is 1. The highest BCUT2D eigenvalue weighted by molar-refractivity contribution is 5.95. The molecule has 1 fully saturated rings. The van der Waals surface area contributed by atoms with Gasteiger partial charge in [-0.2, -0.15) is 5.10 Å². The van der Waals surface area contributed by atoms with Gasteiger partial charge in [0.25, 0.3) is 5.91 Å². The largest absolute Gasteiger partial charge is 0.369 e. The Morgan fingerprint density at radius 3 is 2.62 bits per heavy atom. The Bertz CT molecular complexity index is 1040. The maximum absolute atomic E-state index is 14.5. The van der Waals surface area contributed by atoms with Crippen LogP contribution in [-0.2, 0) is 0 Å². The second-order valence-corrected chi connectivity index (χ2v) is 7.19. The summed E-state index contributed by atoms with van der Waals surface area (Å²) in [6.07, 6.45) is 7.51. The molecule has 5 nitrogen and oxygen atoms in total. The van der Waals surface area contributed by atoms with Crippen molar-refractivity contribution >= 4 is 17.8 Å². The zero-order valence-electron chi connectivity index (χ0n) is 16.3. The summed E-state index contributed by atoms with van der Waals surface area (Å²) in [5.41, 5.74) is 6.12. The molecular weight excluding hydrogens is 367 g/mol. The number of hydrogen-bond donors (Lipinski definition) is 1. The standard InChI is InChI=1S/C23H23FN4O/c1-17-13-22(28-11-4-5-12-28)21(24)15-19(17)16-25-26-23(29)18-7-6-8-20(14-18)27-9-2-3-10-27/h2-3,6-10,13-16H,4-5,11-12H2,1H3,(H,26,29)/b25-16+. The molecule has 1 amide bonds. The van der Waals surface area contributed by atoms with Crippen molar-refractivity contribution in [2.24, 2.45) is 5.10 Å². The van der Waals surface area contributed by atoms with Crippen LogP contribution in [0.1, 0.15) is 34.3 Å². The van der Waals surface area contributed by atoms with Crippen molar-refractivity contribution in [2.45, 2.75) is 19.8 Å². The second-order valence-electron chi connectivity index (χ2n) is 7.19. The van der Waals surface area contributed by atoms with Gasteiger partial charge in [0.05, 0.1) is 11.9 Å². The van der Waals surface area contributed by atoms with Crippen LogP contribution in [0.4, 0.5) is 10.1 Å². The number of carbonyl (C=O) groups is 1. The number of aryl methyl sites for hydroxylation is 1. The highest BCUT2D eigenvalue weighted by atomic mass is 19.1. The molecule has 0 atom stereocenters. The van der Waals surface area contributed by atoms with E-state index in [2.05, 4.69) is 15.4 Å². The Hall–Kier alpha value is -3.41. The average Bonchev–Trinajstić information content (AvgIpc) is 3.44. The fraction of sp³-hybridized carbons (Fsp3) is 0.217. The maximum atomic E-state index is 14.5. The van der Waals surface area contributed by atoms with Gasteiger partial charge in [0.2, 0.25) is 0 Å². The van der Waals surface area contributed by atoms with Crippen LogP contribution in [0, 0.1) is 12.7 Å². The Balaban J connectivity index is 1.45. The first-order valence-electron chi connectivity index (χ1n) is 9.74. The lowest BCUT2D eigenvalue weighted by atomic mass is 10.1. The van der Waals surface area contributed by atoms with Crippen molar-refractivity contribution in [3.05, 3.63) is 83.4 Å². The van der Waals surface area contributed by atoms with Gasteiger partial charge in [0.15, 0.2) is 0 Å². The number of anilines is 1. The molecule has 4 rings (SSSR count). The lowest BCUT2D eigenvalue weighted by molar-refractivity contribution is 0.0955. The van der Waals surface area contributed by atoms with Gasteiger partial charge in [-0.25, -0.2) is 9.82 Å². The second kappa shape index (κ2) is 8.31. The lowest BCUT2D eigenvalue weighted by Crippen LogP contribution is -2.19. The molecule has 148 valence electrons. The van der Waals surface area contributed by atoms with E-state index in [4.69, 9.17) is 0 Å². The Morgan fingerprint density at radius 2 is 1.86 bits per heavy atom. The van der Waals surface area contributed by atoms with E-state index >= 15 is 0 Å². The minimum atomic E-state index is -0.318. The Morgan fingerprint density at radius 1 is 1.10 bits per heavy atom. The topological polar surface area (TPSA) is 49.6 Å². The van der Waals surface area contributed by atoms with E-state index in [9.17, 15) is 9.18 Å². The van der Waals surface area contributed by atoms with E-state index in [1.165, 1.54) is 12.3 Å². The van der Waals surface area contributed by atoms with Gasteiger partial charge in [0.1, 0.15) is 5.82 Å². The average molecular weight is 390 g/mol. The maximum Gasteiger partial charge on any atom is 0.271 e. The number of nitrogens with one attached hydrogen (secondary N) is 1. The minimum absolute atomic E-state index is 0.260. The molecule has 1 aliphatic rings. The molecule has 2 heterocycles. The molecule has 6 heteroatoms. The summed E-state index contributed by atoms with van der Waals surface area (Å²) in [5.74, 6) is -0.577. The number of carbonyl (C=O) groups excluding carboxylic acids is 1. The quantitative estimate of drug-likeness (QED) is 0.522. The van der Waals surface area contributed by atoms with E-state index < -0.39 is 0 Å². The zero-order valence-corrected chi connectivity index (χ0v) is 16.3. The molecule has 1 aromatic heterocycles. The molecule has 1 aliphatic heterocycles. The number of halogens is 1. The smallest absolute Gasteiger partial charge is 0.271 e. The molecule has 0 saturated carbocycles. The van der Waals surface area contributed by atoms with Gasteiger partial charge >= 0.3 is 0 Å². The normalized spacial score (nSPS) is 13.9. The van der Waals surface area contributed by atoms with Gasteiger partial charge in [-0.3, -0.25) is 4.79 Å². The predicted octanol–water partition coefficient (Wildman–Crippen LogP) is 4.29. The molecule has 2 aromatic carbocycles. The van der Waals surface area contributed by atoms with E-state index in [1.54, 1.807) is 12.1 Å². The predicted molar refractivity (Wildman–Crippen MR) is 113 cm³/mol. The van der Waals surface area contributed by atoms with Crippen LogP contribution < -0.4 is 10.3 Å². The molecule has 0 unspecified atom stereocenters. The van der Waals surface area contributed by atoms with Gasteiger partial charge in [-0.15, -0.1) is 0 Å². The minimum Gasteiger partial charge on any atom is -0.369 e. The Labute approximate surface area is 169 Å². The van der Waals surface area contributed by atoms with Gasteiger partial charge < -0.3 is 9.47 Å². The third kappa shape index (κ3) is 4.21. The number of rotatable bonds is 5. The number of hydrogen-bond acceptors (Lipinski definition) is 3. The molecule has 1 N–H and O–H groups in total. The van der Waals surface area contributed by atoms with Crippen molar-refractivity contribution in [3.63, 3.8) is 0 Å². The van der Waals surface area contributed by atoms with Crippen molar-refractivity contribution in [1.82, 2.24) is 9.99 Å². The summed E-state index contributed by atoms with van der Waals surface area (Å²) < 4.78 is 16.4. The van der Waals surface area contributed by atoms with E-state index in [-0.39, 0.29) is 11.7 Å². The summed E-state index contributed by atoms with van der Waals surface area (Å²) in [6, 6.07) is 14.4. The third-order valence-electron chi connectivity index (χ3n) is 5.16. The van der Waals surface area contributed by atoms with Gasteiger partial charge in [0, 0.05) is 42.3 Å². The summed E-state index contributed by atoms with van der Waals surface area (Å²) in [4.78, 5) is 14.5. The molecule has 1 saturated heterocycles. The summed E-state index contributed by atoms with van der Waals surface area (Å²) in [6.45, 7) is 3.70. The molecule has 0 radical (unpaired) electrons. The molecular formula is C23H23FN4O.